The molecular formula is C30H34O7. The van der Waals surface area contributed by atoms with Gasteiger partial charge in [0, 0.05) is 29.7 Å². The van der Waals surface area contributed by atoms with Crippen LogP contribution in [0, 0.1) is 0 Å². The molecule has 0 aromatic heterocycles. The summed E-state index contributed by atoms with van der Waals surface area (Å²) >= 11 is 0. The monoisotopic (exact) mass is 506 g/mol. The van der Waals surface area contributed by atoms with E-state index < -0.39 is 22.9 Å². The van der Waals surface area contributed by atoms with Crippen LogP contribution in [0.5, 0.6) is 28.7 Å². The van der Waals surface area contributed by atoms with Crippen LogP contribution in [-0.2, 0) is 12.0 Å². The highest BCUT2D eigenvalue weighted by molar-refractivity contribution is 6.09. The van der Waals surface area contributed by atoms with Gasteiger partial charge in [0.25, 0.3) is 0 Å². The first-order valence-corrected chi connectivity index (χ1v) is 12.4. The summed E-state index contributed by atoms with van der Waals surface area (Å²) < 4.78 is 12.3. The molecule has 0 unspecified atom stereocenters. The fraction of sp³-hybridized carbons (Fsp3) is 0.367. The molecule has 2 atom stereocenters. The Bertz CT molecular complexity index is 1340. The Morgan fingerprint density at radius 2 is 1.62 bits per heavy atom. The number of phenols is 3. The van der Waals surface area contributed by atoms with E-state index in [1.165, 1.54) is 17.7 Å². The molecule has 37 heavy (non-hydrogen) atoms. The van der Waals surface area contributed by atoms with Crippen molar-refractivity contribution in [3.05, 3.63) is 75.9 Å². The molecule has 0 amide bonds. The highest BCUT2D eigenvalue weighted by Gasteiger charge is 2.69. The summed E-state index contributed by atoms with van der Waals surface area (Å²) in [5.41, 5.74) is 2.03. The average molecular weight is 507 g/mol. The minimum Gasteiger partial charge on any atom is -0.508 e. The number of allylic oxidation sites excluding steroid dienone is 5. The van der Waals surface area contributed by atoms with Crippen molar-refractivity contribution in [2.24, 2.45) is 0 Å². The van der Waals surface area contributed by atoms with E-state index in [1.54, 1.807) is 6.07 Å². The molecule has 0 saturated carbocycles. The second kappa shape index (κ2) is 9.63. The van der Waals surface area contributed by atoms with Gasteiger partial charge in [-0.2, -0.15) is 0 Å². The molecule has 2 heterocycles. The molecule has 2 aromatic carbocycles. The van der Waals surface area contributed by atoms with Gasteiger partial charge in [-0.3, -0.25) is 4.79 Å². The third kappa shape index (κ3) is 4.48. The van der Waals surface area contributed by atoms with Crippen molar-refractivity contribution >= 4 is 5.78 Å². The Morgan fingerprint density at radius 1 is 0.919 bits per heavy atom. The number of ketones is 1. The normalized spacial score (nSPS) is 21.8. The van der Waals surface area contributed by atoms with Crippen molar-refractivity contribution in [1.82, 2.24) is 0 Å². The molecule has 0 saturated heterocycles. The maximum absolute atomic E-state index is 13.8. The molecule has 2 aromatic rings. The van der Waals surface area contributed by atoms with Gasteiger partial charge in [0.05, 0.1) is 0 Å². The van der Waals surface area contributed by atoms with Crippen molar-refractivity contribution in [1.29, 1.82) is 0 Å². The lowest BCUT2D eigenvalue weighted by atomic mass is 9.76. The molecule has 4 rings (SSSR count). The van der Waals surface area contributed by atoms with Crippen LogP contribution in [0.3, 0.4) is 0 Å². The Hall–Kier alpha value is -3.71. The van der Waals surface area contributed by atoms with E-state index in [0.717, 1.165) is 30.1 Å². The number of benzene rings is 2. The van der Waals surface area contributed by atoms with Crippen LogP contribution in [-0.4, -0.2) is 32.0 Å². The molecule has 0 spiro atoms. The van der Waals surface area contributed by atoms with Gasteiger partial charge >= 0.3 is 5.79 Å². The number of aromatic hydroxyl groups is 3. The van der Waals surface area contributed by atoms with Crippen LogP contribution in [0.15, 0.2) is 59.2 Å². The second-order valence-corrected chi connectivity index (χ2v) is 10.3. The smallest absolute Gasteiger partial charge is 0.318 e. The molecule has 0 fully saturated rings. The highest BCUT2D eigenvalue weighted by Crippen LogP contribution is 2.59. The molecule has 0 radical (unpaired) electrons. The number of hydrogen-bond acceptors (Lipinski definition) is 7. The second-order valence-electron chi connectivity index (χ2n) is 10.3. The van der Waals surface area contributed by atoms with Crippen molar-refractivity contribution in [3.63, 3.8) is 0 Å². The number of rotatable bonds is 7. The Kier molecular flexibility index (Phi) is 6.86. The van der Waals surface area contributed by atoms with E-state index >= 15 is 0 Å². The third-order valence-corrected chi connectivity index (χ3v) is 6.90. The predicted molar refractivity (Wildman–Crippen MR) is 140 cm³/mol. The minimum atomic E-state index is -2.50. The predicted octanol–water partition coefficient (Wildman–Crippen LogP) is 5.95. The van der Waals surface area contributed by atoms with Crippen LogP contribution >= 0.6 is 0 Å². The van der Waals surface area contributed by atoms with E-state index in [2.05, 4.69) is 6.08 Å². The fourth-order valence-corrected chi connectivity index (χ4v) is 4.86. The molecule has 0 aliphatic carbocycles. The average Bonchev–Trinajstić information content (AvgIpc) is 3.05. The summed E-state index contributed by atoms with van der Waals surface area (Å²) in [5, 5.41) is 43.2. The van der Waals surface area contributed by atoms with Gasteiger partial charge in [0.1, 0.15) is 34.3 Å². The van der Waals surface area contributed by atoms with E-state index in [1.807, 2.05) is 46.8 Å². The zero-order valence-electron chi connectivity index (χ0n) is 21.9. The number of carbonyl (C=O) groups is 1. The van der Waals surface area contributed by atoms with Gasteiger partial charge in [-0.25, -0.2) is 0 Å². The first-order valence-electron chi connectivity index (χ1n) is 12.4. The number of ether oxygens (including phenoxy) is 2. The zero-order chi connectivity index (χ0) is 27.1. The van der Waals surface area contributed by atoms with Crippen molar-refractivity contribution in [2.75, 3.05) is 0 Å². The molecular weight excluding hydrogens is 472 g/mol. The lowest BCUT2D eigenvalue weighted by Gasteiger charge is -2.43. The van der Waals surface area contributed by atoms with Gasteiger partial charge in [0.15, 0.2) is 0 Å². The summed E-state index contributed by atoms with van der Waals surface area (Å²) in [7, 11) is 0. The maximum Gasteiger partial charge on any atom is 0.318 e. The zero-order valence-corrected chi connectivity index (χ0v) is 21.9. The Balaban J connectivity index is 1.86. The summed E-state index contributed by atoms with van der Waals surface area (Å²) in [4.78, 5) is 13.8. The number of phenolic OH excluding ortho intramolecular Hbond substituents is 3. The minimum absolute atomic E-state index is 0.00667. The molecule has 2 aliphatic heterocycles. The van der Waals surface area contributed by atoms with Crippen LogP contribution in [0.1, 0.15) is 75.4 Å². The molecule has 7 nitrogen and oxygen atoms in total. The number of Topliss-reactive ketones (excluding diaryl/α,β-unsaturated/α-hetero) is 1. The Morgan fingerprint density at radius 3 is 2.30 bits per heavy atom. The molecule has 7 heteroatoms. The largest absolute Gasteiger partial charge is 0.508 e. The van der Waals surface area contributed by atoms with E-state index in [4.69, 9.17) is 9.47 Å². The van der Waals surface area contributed by atoms with Gasteiger partial charge in [0.2, 0.25) is 11.4 Å². The van der Waals surface area contributed by atoms with E-state index in [9.17, 15) is 25.2 Å². The number of aliphatic hydroxyl groups is 1. The standard InChI is InChI=1S/C30H34O7/c1-17(2)7-6-8-19(5)9-11-21-23(32)16-24(33)26-27(21)37-29(14-13-18(3)4)22-12-10-20(31)15-25(22)36-30(29,35)28(26)34/h7,9-10,12-13,15-16,31-33,35H,6,8,11,14H2,1-5H3/t29-,30-/m1/s1. The highest BCUT2D eigenvalue weighted by atomic mass is 16.7. The van der Waals surface area contributed by atoms with Crippen LogP contribution in [0.2, 0.25) is 0 Å². The first kappa shape index (κ1) is 26.4. The fourth-order valence-electron chi connectivity index (χ4n) is 4.86. The van der Waals surface area contributed by atoms with Crippen LogP contribution < -0.4 is 9.47 Å². The first-order chi connectivity index (χ1) is 17.4. The third-order valence-electron chi connectivity index (χ3n) is 6.90. The summed E-state index contributed by atoms with van der Waals surface area (Å²) in [6.45, 7) is 9.86. The summed E-state index contributed by atoms with van der Waals surface area (Å²) in [6, 6.07) is 5.38. The lowest BCUT2D eigenvalue weighted by molar-refractivity contribution is -0.201. The van der Waals surface area contributed by atoms with Gasteiger partial charge < -0.3 is 29.9 Å². The quantitative estimate of drug-likeness (QED) is 0.343. The van der Waals surface area contributed by atoms with Crippen molar-refractivity contribution in [2.45, 2.75) is 71.7 Å². The topological polar surface area (TPSA) is 116 Å². The molecule has 196 valence electrons. The number of hydrogen-bond donors (Lipinski definition) is 4. The van der Waals surface area contributed by atoms with E-state index in [0.29, 0.717) is 11.1 Å². The van der Waals surface area contributed by atoms with Crippen molar-refractivity contribution in [3.8, 4) is 28.7 Å². The van der Waals surface area contributed by atoms with E-state index in [-0.39, 0.29) is 41.4 Å². The molecule has 0 bridgehead atoms. The SMILES string of the molecule is CC(C)=CCCC(C)=CCc1c(O)cc(O)c2c1O[C@]1(CC=C(C)C)c3ccc(O)cc3O[C@]1(O)C2=O. The van der Waals surface area contributed by atoms with Crippen LogP contribution in [0.25, 0.3) is 0 Å². The molecule has 4 N–H and O–H groups in total. The molecule has 2 aliphatic rings. The number of fused-ring (bicyclic) bond motifs is 4. The summed E-state index contributed by atoms with van der Waals surface area (Å²) in [6.07, 6.45) is 7.98. The van der Waals surface area contributed by atoms with Gasteiger partial charge in [-0.15, -0.1) is 0 Å². The Labute approximate surface area is 217 Å². The van der Waals surface area contributed by atoms with Crippen LogP contribution in [0.4, 0.5) is 0 Å². The van der Waals surface area contributed by atoms with Crippen molar-refractivity contribution < 1.29 is 34.7 Å². The maximum atomic E-state index is 13.8. The van der Waals surface area contributed by atoms with Gasteiger partial charge in [-0.1, -0.05) is 34.9 Å². The van der Waals surface area contributed by atoms with Gasteiger partial charge in [-0.05, 0) is 66.0 Å². The number of carbonyl (C=O) groups excluding carboxylic acids is 1. The lowest BCUT2D eigenvalue weighted by Crippen LogP contribution is -2.62. The summed E-state index contributed by atoms with van der Waals surface area (Å²) in [5.74, 6) is -4.10.